The van der Waals surface area contributed by atoms with Crippen LogP contribution in [0.4, 0.5) is 0 Å². The SMILES string of the molecule is C[C@@H]([C]=O)N[C@@H](COCc1ccc(CNS(=O)(=O)c2ccc(Cl)c(S(N)(=O)=O)c2)cc1)C(=O)OCOC(=O)C(C)(C)C. The van der Waals surface area contributed by atoms with Gasteiger partial charge < -0.3 is 14.2 Å². The zero-order chi connectivity index (χ0) is 31.7. The summed E-state index contributed by atoms with van der Waals surface area (Å²) in [5, 5.41) is 7.60. The summed E-state index contributed by atoms with van der Waals surface area (Å²) < 4.78 is 66.5. The standard InChI is InChI=1S/C26H33ClN3O10S2/c1-17(13-31)30-22(24(32)39-16-40-25(33)26(2,3)4)15-38-14-19-7-5-18(6-8-19)12-29-42(36,37)20-9-10-21(27)23(11-20)41(28,34)35/h5-11,17,22,29-30H,12,14-16H2,1-4H3,(H2,28,34,35)/t17-,22-/m0/s1. The molecule has 13 nitrogen and oxygen atoms in total. The lowest BCUT2D eigenvalue weighted by Gasteiger charge is -2.20. The number of hydrogen-bond donors (Lipinski definition) is 3. The van der Waals surface area contributed by atoms with E-state index in [0.717, 1.165) is 18.2 Å². The van der Waals surface area contributed by atoms with E-state index in [0.29, 0.717) is 11.1 Å². The van der Waals surface area contributed by atoms with Gasteiger partial charge in [-0.15, -0.1) is 0 Å². The molecule has 0 aromatic heterocycles. The Morgan fingerprint density at radius 3 is 2.21 bits per heavy atom. The molecule has 231 valence electrons. The van der Waals surface area contributed by atoms with E-state index in [2.05, 4.69) is 10.0 Å². The smallest absolute Gasteiger partial charge is 0.328 e. The summed E-state index contributed by atoms with van der Waals surface area (Å²) in [6, 6.07) is 7.97. The van der Waals surface area contributed by atoms with Gasteiger partial charge in [0.25, 0.3) is 0 Å². The van der Waals surface area contributed by atoms with Crippen LogP contribution in [-0.2, 0) is 61.8 Å². The van der Waals surface area contributed by atoms with E-state index in [1.807, 2.05) is 0 Å². The Balaban J connectivity index is 1.94. The van der Waals surface area contributed by atoms with Crippen molar-refractivity contribution in [3.63, 3.8) is 0 Å². The van der Waals surface area contributed by atoms with Gasteiger partial charge in [-0.2, -0.15) is 0 Å². The van der Waals surface area contributed by atoms with E-state index in [-0.39, 0.29) is 29.7 Å². The van der Waals surface area contributed by atoms with E-state index < -0.39 is 61.2 Å². The highest BCUT2D eigenvalue weighted by Crippen LogP contribution is 2.24. The number of sulfonamides is 2. The molecule has 0 bridgehead atoms. The van der Waals surface area contributed by atoms with Gasteiger partial charge in [0.15, 0.2) is 0 Å². The molecule has 0 saturated heterocycles. The second-order valence-electron chi connectivity index (χ2n) is 10.1. The first-order chi connectivity index (χ1) is 19.4. The Bertz CT molecular complexity index is 1470. The molecule has 2 aromatic rings. The molecule has 2 rings (SSSR count). The fourth-order valence-electron chi connectivity index (χ4n) is 3.16. The van der Waals surface area contributed by atoms with Crippen molar-refractivity contribution in [2.24, 2.45) is 10.6 Å². The molecule has 0 aliphatic heterocycles. The normalized spacial score (nSPS) is 13.7. The Hall–Kier alpha value is -2.92. The number of halogens is 1. The topological polar surface area (TPSA) is 197 Å². The van der Waals surface area contributed by atoms with Gasteiger partial charge in [0.1, 0.15) is 10.9 Å². The Kier molecular flexibility index (Phi) is 12.6. The number of primary sulfonamides is 1. The van der Waals surface area contributed by atoms with Gasteiger partial charge in [-0.3, -0.25) is 19.7 Å². The molecule has 0 amide bonds. The van der Waals surface area contributed by atoms with Gasteiger partial charge >= 0.3 is 11.9 Å². The minimum Gasteiger partial charge on any atom is -0.427 e. The number of benzene rings is 2. The first-order valence-corrected chi connectivity index (χ1v) is 15.8. The predicted molar refractivity (Wildman–Crippen MR) is 152 cm³/mol. The molecular formula is C26H33ClN3O10S2. The van der Waals surface area contributed by atoms with Crippen LogP contribution in [0, 0.1) is 5.41 Å². The maximum absolute atomic E-state index is 12.7. The highest BCUT2D eigenvalue weighted by Gasteiger charge is 2.26. The van der Waals surface area contributed by atoms with Crippen molar-refractivity contribution in [1.29, 1.82) is 0 Å². The predicted octanol–water partition coefficient (Wildman–Crippen LogP) is 1.53. The summed E-state index contributed by atoms with van der Waals surface area (Å²) in [5.74, 6) is -1.35. The molecule has 0 saturated carbocycles. The summed E-state index contributed by atoms with van der Waals surface area (Å²) in [4.78, 5) is 34.4. The molecule has 0 aliphatic rings. The summed E-state index contributed by atoms with van der Waals surface area (Å²) in [6.45, 7) is 5.63. The van der Waals surface area contributed by atoms with Crippen LogP contribution in [0.1, 0.15) is 38.8 Å². The van der Waals surface area contributed by atoms with Crippen LogP contribution in [-0.4, -0.2) is 60.5 Å². The summed E-state index contributed by atoms with van der Waals surface area (Å²) in [5.41, 5.74) is 0.509. The van der Waals surface area contributed by atoms with Crippen molar-refractivity contribution in [3.8, 4) is 0 Å². The van der Waals surface area contributed by atoms with Crippen molar-refractivity contribution in [1.82, 2.24) is 10.0 Å². The number of esters is 2. The zero-order valence-electron chi connectivity index (χ0n) is 23.4. The second-order valence-corrected chi connectivity index (χ2v) is 13.8. The molecule has 2 aromatic carbocycles. The number of nitrogens with one attached hydrogen (secondary N) is 2. The van der Waals surface area contributed by atoms with Gasteiger partial charge in [0.05, 0.1) is 34.6 Å². The minimum atomic E-state index is -4.23. The zero-order valence-corrected chi connectivity index (χ0v) is 25.8. The molecule has 0 spiro atoms. The molecule has 0 aliphatic carbocycles. The highest BCUT2D eigenvalue weighted by atomic mass is 35.5. The molecule has 42 heavy (non-hydrogen) atoms. The molecule has 0 unspecified atom stereocenters. The lowest BCUT2D eigenvalue weighted by Crippen LogP contribution is -2.46. The first-order valence-electron chi connectivity index (χ1n) is 12.4. The lowest BCUT2D eigenvalue weighted by atomic mass is 9.98. The minimum absolute atomic E-state index is 0.0662. The van der Waals surface area contributed by atoms with Crippen LogP contribution in [0.3, 0.4) is 0 Å². The molecule has 0 fully saturated rings. The molecular weight excluding hydrogens is 614 g/mol. The van der Waals surface area contributed by atoms with Gasteiger partial charge in [-0.25, -0.2) is 26.7 Å². The molecule has 2 atom stereocenters. The van der Waals surface area contributed by atoms with Crippen molar-refractivity contribution in [3.05, 3.63) is 58.6 Å². The molecule has 4 N–H and O–H groups in total. The summed E-state index contributed by atoms with van der Waals surface area (Å²) in [6.07, 6.45) is 1.71. The Morgan fingerprint density at radius 2 is 1.64 bits per heavy atom. The quantitative estimate of drug-likeness (QED) is 0.187. The number of carbonyl (C=O) groups excluding carboxylic acids is 3. The number of hydrogen-bond acceptors (Lipinski definition) is 11. The number of rotatable bonds is 15. The van der Waals surface area contributed by atoms with Crippen LogP contribution in [0.5, 0.6) is 0 Å². The van der Waals surface area contributed by atoms with Crippen LogP contribution in [0.15, 0.2) is 52.3 Å². The molecule has 16 heteroatoms. The molecule has 0 heterocycles. The average Bonchev–Trinajstić information content (AvgIpc) is 2.90. The number of nitrogens with two attached hydrogens (primary N) is 1. The van der Waals surface area contributed by atoms with Crippen molar-refractivity contribution in [2.75, 3.05) is 13.4 Å². The Labute approximate surface area is 250 Å². The van der Waals surface area contributed by atoms with E-state index in [9.17, 15) is 31.2 Å². The average molecular weight is 647 g/mol. The fourth-order valence-corrected chi connectivity index (χ4v) is 5.35. The summed E-state index contributed by atoms with van der Waals surface area (Å²) in [7, 11) is -8.32. The third-order valence-corrected chi connectivity index (χ3v) is 8.27. The fraction of sp³-hybridized carbons (Fsp3) is 0.423. The first kappa shape index (κ1) is 35.3. The van der Waals surface area contributed by atoms with Crippen LogP contribution >= 0.6 is 11.6 Å². The van der Waals surface area contributed by atoms with E-state index in [4.69, 9.17) is 31.0 Å². The molecule has 1 radical (unpaired) electrons. The van der Waals surface area contributed by atoms with Gasteiger partial charge in [0, 0.05) is 6.54 Å². The monoisotopic (exact) mass is 646 g/mol. The van der Waals surface area contributed by atoms with Gasteiger partial charge in [-0.1, -0.05) is 35.9 Å². The Morgan fingerprint density at radius 1 is 1.02 bits per heavy atom. The summed E-state index contributed by atoms with van der Waals surface area (Å²) >= 11 is 5.82. The number of carbonyl (C=O) groups is 2. The van der Waals surface area contributed by atoms with Crippen LogP contribution in [0.2, 0.25) is 5.02 Å². The van der Waals surface area contributed by atoms with Crippen LogP contribution < -0.4 is 15.2 Å². The third-order valence-electron chi connectivity index (χ3n) is 5.48. The van der Waals surface area contributed by atoms with Gasteiger partial charge in [0.2, 0.25) is 33.1 Å². The van der Waals surface area contributed by atoms with E-state index >= 15 is 0 Å². The van der Waals surface area contributed by atoms with Crippen LogP contribution in [0.25, 0.3) is 0 Å². The van der Waals surface area contributed by atoms with E-state index in [1.54, 1.807) is 51.3 Å². The van der Waals surface area contributed by atoms with E-state index in [1.165, 1.54) is 6.92 Å². The second kappa shape index (κ2) is 15.0. The maximum atomic E-state index is 12.7. The van der Waals surface area contributed by atoms with Gasteiger partial charge in [-0.05, 0) is 57.0 Å². The number of ether oxygens (including phenoxy) is 3. The third kappa shape index (κ3) is 11.1. The maximum Gasteiger partial charge on any atom is 0.328 e. The van der Waals surface area contributed by atoms with Crippen molar-refractivity contribution >= 4 is 49.9 Å². The van der Waals surface area contributed by atoms with Crippen molar-refractivity contribution < 1.29 is 45.4 Å². The largest absolute Gasteiger partial charge is 0.427 e. The van der Waals surface area contributed by atoms with Crippen molar-refractivity contribution in [2.45, 2.75) is 62.7 Å². The highest BCUT2D eigenvalue weighted by molar-refractivity contribution is 7.90. The lowest BCUT2D eigenvalue weighted by molar-refractivity contribution is -0.175.